The number of hydrogen-bond acceptors (Lipinski definition) is 3. The van der Waals surface area contributed by atoms with Crippen molar-refractivity contribution in [2.75, 3.05) is 18.4 Å². The van der Waals surface area contributed by atoms with Crippen LogP contribution in [0.5, 0.6) is 5.75 Å². The van der Waals surface area contributed by atoms with E-state index in [1.54, 1.807) is 24.3 Å². The number of benzene rings is 1. The van der Waals surface area contributed by atoms with Gasteiger partial charge >= 0.3 is 0 Å². The summed E-state index contributed by atoms with van der Waals surface area (Å²) in [5.74, 6) is 0.230. The fraction of sp³-hybridized carbons (Fsp3) is 0.417. The maximum Gasteiger partial charge on any atom is 0.228 e. The van der Waals surface area contributed by atoms with E-state index in [1.807, 2.05) is 0 Å². The number of phenols is 1. The molecule has 1 amide bonds. The molecule has 4 nitrogen and oxygen atoms in total. The summed E-state index contributed by atoms with van der Waals surface area (Å²) in [7, 11) is 0. The molecule has 0 aliphatic carbocycles. The Balaban J connectivity index is 0.00000144. The van der Waals surface area contributed by atoms with E-state index in [4.69, 9.17) is 0 Å². The Morgan fingerprint density at radius 1 is 1.47 bits per heavy atom. The molecule has 1 aromatic carbocycles. The Morgan fingerprint density at radius 2 is 2.29 bits per heavy atom. The molecule has 94 valence electrons. The molecule has 5 heteroatoms. The molecule has 0 bridgehead atoms. The molecule has 1 atom stereocenters. The van der Waals surface area contributed by atoms with E-state index in [0.717, 1.165) is 25.9 Å². The molecular formula is C12H17ClN2O2. The second kappa shape index (κ2) is 6.47. The molecule has 0 unspecified atom stereocenters. The van der Waals surface area contributed by atoms with Gasteiger partial charge in [0, 0.05) is 18.3 Å². The summed E-state index contributed by atoms with van der Waals surface area (Å²) in [6, 6.07) is 6.61. The lowest BCUT2D eigenvalue weighted by atomic mass is 9.99. The van der Waals surface area contributed by atoms with Gasteiger partial charge in [0.2, 0.25) is 5.91 Å². The maximum absolute atomic E-state index is 11.8. The second-order valence-electron chi connectivity index (χ2n) is 4.08. The van der Waals surface area contributed by atoms with Crippen LogP contribution >= 0.6 is 12.4 Å². The third-order valence-corrected chi connectivity index (χ3v) is 2.78. The van der Waals surface area contributed by atoms with Crippen LogP contribution in [0.2, 0.25) is 0 Å². The van der Waals surface area contributed by atoms with E-state index in [9.17, 15) is 9.90 Å². The second-order valence-corrected chi connectivity index (χ2v) is 4.08. The number of carbonyl (C=O) groups is 1. The molecule has 0 saturated carbocycles. The molecule has 2 rings (SSSR count). The summed E-state index contributed by atoms with van der Waals surface area (Å²) >= 11 is 0. The van der Waals surface area contributed by atoms with Gasteiger partial charge in [-0.3, -0.25) is 4.79 Å². The number of aromatic hydroxyl groups is 1. The summed E-state index contributed by atoms with van der Waals surface area (Å²) < 4.78 is 0. The standard InChI is InChI=1S/C12H16N2O2.ClH/c15-11-5-1-4-10(7-11)14-12(16)9-3-2-6-13-8-9;/h1,4-5,7,9,13,15H,2-3,6,8H2,(H,14,16);1H/t9-;/m1./s1. The first kappa shape index (κ1) is 13.8. The third kappa shape index (κ3) is 3.91. The number of nitrogens with one attached hydrogen (secondary N) is 2. The smallest absolute Gasteiger partial charge is 0.228 e. The van der Waals surface area contributed by atoms with Crippen LogP contribution in [-0.4, -0.2) is 24.1 Å². The van der Waals surface area contributed by atoms with Crippen molar-refractivity contribution in [1.82, 2.24) is 5.32 Å². The lowest BCUT2D eigenvalue weighted by Crippen LogP contribution is -2.37. The van der Waals surface area contributed by atoms with Crippen molar-refractivity contribution in [2.45, 2.75) is 12.8 Å². The van der Waals surface area contributed by atoms with Gasteiger partial charge in [-0.2, -0.15) is 0 Å². The summed E-state index contributed by atoms with van der Waals surface area (Å²) in [5.41, 5.74) is 0.649. The van der Waals surface area contributed by atoms with Crippen molar-refractivity contribution >= 4 is 24.0 Å². The number of hydrogen-bond donors (Lipinski definition) is 3. The van der Waals surface area contributed by atoms with E-state index in [2.05, 4.69) is 10.6 Å². The highest BCUT2D eigenvalue weighted by molar-refractivity contribution is 5.92. The quantitative estimate of drug-likeness (QED) is 0.756. The van der Waals surface area contributed by atoms with Gasteiger partial charge in [-0.15, -0.1) is 12.4 Å². The van der Waals surface area contributed by atoms with E-state index in [1.165, 1.54) is 0 Å². The predicted octanol–water partition coefficient (Wildman–Crippen LogP) is 1.75. The van der Waals surface area contributed by atoms with Crippen LogP contribution in [0.4, 0.5) is 5.69 Å². The Morgan fingerprint density at radius 3 is 2.94 bits per heavy atom. The SMILES string of the molecule is Cl.O=C(Nc1cccc(O)c1)[C@@H]1CCCNC1. The predicted molar refractivity (Wildman–Crippen MR) is 69.6 cm³/mol. The summed E-state index contributed by atoms with van der Waals surface area (Å²) in [6.45, 7) is 1.74. The van der Waals surface area contributed by atoms with Gasteiger partial charge in [-0.25, -0.2) is 0 Å². The fourth-order valence-electron chi connectivity index (χ4n) is 1.90. The van der Waals surface area contributed by atoms with Gasteiger partial charge in [-0.05, 0) is 31.5 Å². The van der Waals surface area contributed by atoms with Crippen molar-refractivity contribution in [1.29, 1.82) is 0 Å². The molecule has 3 N–H and O–H groups in total. The average Bonchev–Trinajstić information content (AvgIpc) is 2.30. The number of halogens is 1. The molecule has 1 aromatic rings. The van der Waals surface area contributed by atoms with Crippen LogP contribution in [-0.2, 0) is 4.79 Å². The fourth-order valence-corrected chi connectivity index (χ4v) is 1.90. The first-order chi connectivity index (χ1) is 7.75. The monoisotopic (exact) mass is 256 g/mol. The van der Waals surface area contributed by atoms with E-state index in [-0.39, 0.29) is 30.0 Å². The van der Waals surface area contributed by atoms with Crippen LogP contribution in [0.15, 0.2) is 24.3 Å². The van der Waals surface area contributed by atoms with Crippen LogP contribution in [0.25, 0.3) is 0 Å². The molecular weight excluding hydrogens is 240 g/mol. The van der Waals surface area contributed by atoms with Gasteiger partial charge in [0.1, 0.15) is 5.75 Å². The van der Waals surface area contributed by atoms with Crippen molar-refractivity contribution in [3.05, 3.63) is 24.3 Å². The Kier molecular flexibility index (Phi) is 5.25. The lowest BCUT2D eigenvalue weighted by molar-refractivity contribution is -0.120. The minimum Gasteiger partial charge on any atom is -0.508 e. The van der Waals surface area contributed by atoms with Crippen molar-refractivity contribution in [2.24, 2.45) is 5.92 Å². The molecule has 1 heterocycles. The van der Waals surface area contributed by atoms with Gasteiger partial charge in [0.05, 0.1) is 5.92 Å². The van der Waals surface area contributed by atoms with Crippen molar-refractivity contribution in [3.8, 4) is 5.75 Å². The highest BCUT2D eigenvalue weighted by Gasteiger charge is 2.20. The normalized spacial score (nSPS) is 19.2. The molecule has 0 aromatic heterocycles. The first-order valence-corrected chi connectivity index (χ1v) is 5.56. The summed E-state index contributed by atoms with van der Waals surface area (Å²) in [6.07, 6.45) is 1.97. The van der Waals surface area contributed by atoms with E-state index >= 15 is 0 Å². The van der Waals surface area contributed by atoms with Gasteiger partial charge in [0.25, 0.3) is 0 Å². The minimum atomic E-state index is 0. The topological polar surface area (TPSA) is 61.4 Å². The summed E-state index contributed by atoms with van der Waals surface area (Å²) in [5, 5.41) is 15.3. The van der Waals surface area contributed by atoms with Crippen molar-refractivity contribution < 1.29 is 9.90 Å². The molecule has 0 radical (unpaired) electrons. The molecule has 1 saturated heterocycles. The molecule has 0 spiro atoms. The molecule has 1 fully saturated rings. The number of carbonyl (C=O) groups excluding carboxylic acids is 1. The summed E-state index contributed by atoms with van der Waals surface area (Å²) in [4.78, 5) is 11.8. The van der Waals surface area contributed by atoms with Gasteiger partial charge in [-0.1, -0.05) is 6.07 Å². The highest BCUT2D eigenvalue weighted by Crippen LogP contribution is 2.18. The maximum atomic E-state index is 11.8. The Hall–Kier alpha value is -1.26. The van der Waals surface area contributed by atoms with Gasteiger partial charge < -0.3 is 15.7 Å². The van der Waals surface area contributed by atoms with Crippen LogP contribution in [0.1, 0.15) is 12.8 Å². The zero-order valence-corrected chi connectivity index (χ0v) is 10.3. The van der Waals surface area contributed by atoms with E-state index in [0.29, 0.717) is 5.69 Å². The molecule has 1 aliphatic rings. The van der Waals surface area contributed by atoms with Crippen LogP contribution in [0, 0.1) is 5.92 Å². The Labute approximate surface area is 107 Å². The van der Waals surface area contributed by atoms with E-state index < -0.39 is 0 Å². The number of phenolic OH excluding ortho intramolecular Hbond substituents is 1. The number of anilines is 1. The Bertz CT molecular complexity index is 379. The highest BCUT2D eigenvalue weighted by atomic mass is 35.5. The van der Waals surface area contributed by atoms with Crippen LogP contribution in [0.3, 0.4) is 0 Å². The lowest BCUT2D eigenvalue weighted by Gasteiger charge is -2.21. The zero-order chi connectivity index (χ0) is 11.4. The first-order valence-electron chi connectivity index (χ1n) is 5.56. The largest absolute Gasteiger partial charge is 0.508 e. The number of piperidine rings is 1. The molecule has 1 aliphatic heterocycles. The molecule has 17 heavy (non-hydrogen) atoms. The minimum absolute atomic E-state index is 0. The zero-order valence-electron chi connectivity index (χ0n) is 9.48. The number of amides is 1. The number of rotatable bonds is 2. The average molecular weight is 257 g/mol. The van der Waals surface area contributed by atoms with Gasteiger partial charge in [0.15, 0.2) is 0 Å². The van der Waals surface area contributed by atoms with Crippen molar-refractivity contribution in [3.63, 3.8) is 0 Å². The third-order valence-electron chi connectivity index (χ3n) is 2.78. The van der Waals surface area contributed by atoms with Crippen LogP contribution < -0.4 is 10.6 Å².